The van der Waals surface area contributed by atoms with Gasteiger partial charge in [-0.2, -0.15) is 0 Å². The molecule has 1 heterocycles. The van der Waals surface area contributed by atoms with Gasteiger partial charge in [-0.25, -0.2) is 4.39 Å². The molecule has 1 saturated heterocycles. The van der Waals surface area contributed by atoms with Gasteiger partial charge in [-0.15, -0.1) is 0 Å². The fraction of sp³-hybridized carbons (Fsp3) is 0.600. The van der Waals surface area contributed by atoms with Crippen LogP contribution in [0.25, 0.3) is 0 Å². The molecule has 0 amide bonds. The SMILES string of the molecule is Cc1cc(F)ccc1CN(C)CCN1CCNCC1. The van der Waals surface area contributed by atoms with Crippen LogP contribution in [-0.2, 0) is 6.54 Å². The quantitative estimate of drug-likeness (QED) is 0.870. The summed E-state index contributed by atoms with van der Waals surface area (Å²) in [5, 5.41) is 3.36. The number of halogens is 1. The van der Waals surface area contributed by atoms with Crippen molar-refractivity contribution in [3.63, 3.8) is 0 Å². The maximum atomic E-state index is 13.0. The summed E-state index contributed by atoms with van der Waals surface area (Å²) in [6.45, 7) is 9.50. The van der Waals surface area contributed by atoms with Gasteiger partial charge in [0.1, 0.15) is 5.82 Å². The first-order valence-corrected chi connectivity index (χ1v) is 7.02. The van der Waals surface area contributed by atoms with Gasteiger partial charge in [-0.1, -0.05) is 6.07 Å². The molecule has 2 rings (SSSR count). The van der Waals surface area contributed by atoms with Gasteiger partial charge in [-0.3, -0.25) is 4.90 Å². The Kier molecular flexibility index (Phi) is 5.31. The van der Waals surface area contributed by atoms with Crippen molar-refractivity contribution >= 4 is 0 Å². The molecule has 3 nitrogen and oxygen atoms in total. The van der Waals surface area contributed by atoms with E-state index >= 15 is 0 Å². The van der Waals surface area contributed by atoms with Gasteiger partial charge >= 0.3 is 0 Å². The molecule has 0 spiro atoms. The molecule has 1 N–H and O–H groups in total. The lowest BCUT2D eigenvalue weighted by Gasteiger charge is -2.29. The van der Waals surface area contributed by atoms with Gasteiger partial charge in [0.25, 0.3) is 0 Å². The Morgan fingerprint density at radius 2 is 2.05 bits per heavy atom. The maximum Gasteiger partial charge on any atom is 0.123 e. The normalized spacial score (nSPS) is 17.1. The fourth-order valence-corrected chi connectivity index (χ4v) is 2.45. The number of hydrogen-bond acceptors (Lipinski definition) is 3. The molecule has 1 aliphatic rings. The first-order chi connectivity index (χ1) is 9.15. The first-order valence-electron chi connectivity index (χ1n) is 7.02. The zero-order valence-electron chi connectivity index (χ0n) is 12.0. The topological polar surface area (TPSA) is 18.5 Å². The van der Waals surface area contributed by atoms with E-state index in [0.717, 1.165) is 51.4 Å². The highest BCUT2D eigenvalue weighted by Crippen LogP contribution is 2.12. The Labute approximate surface area is 115 Å². The molecule has 106 valence electrons. The minimum atomic E-state index is -0.148. The van der Waals surface area contributed by atoms with Crippen LogP contribution in [0.5, 0.6) is 0 Å². The van der Waals surface area contributed by atoms with Crippen LogP contribution >= 0.6 is 0 Å². The third kappa shape index (κ3) is 4.56. The second-order valence-corrected chi connectivity index (χ2v) is 5.40. The van der Waals surface area contributed by atoms with E-state index in [1.807, 2.05) is 13.0 Å². The molecule has 0 unspecified atom stereocenters. The van der Waals surface area contributed by atoms with Crippen molar-refractivity contribution < 1.29 is 4.39 Å². The summed E-state index contributed by atoms with van der Waals surface area (Å²) >= 11 is 0. The largest absolute Gasteiger partial charge is 0.314 e. The van der Waals surface area contributed by atoms with E-state index in [1.165, 1.54) is 5.56 Å². The number of nitrogens with zero attached hydrogens (tertiary/aromatic N) is 2. The molecule has 0 aromatic heterocycles. The Hall–Kier alpha value is -0.970. The number of nitrogens with one attached hydrogen (secondary N) is 1. The molecule has 0 bridgehead atoms. The Bertz CT molecular complexity index is 402. The highest BCUT2D eigenvalue weighted by Gasteiger charge is 2.10. The maximum absolute atomic E-state index is 13.0. The Morgan fingerprint density at radius 1 is 1.32 bits per heavy atom. The third-order valence-corrected chi connectivity index (χ3v) is 3.75. The molecule has 0 aliphatic carbocycles. The van der Waals surface area contributed by atoms with E-state index in [9.17, 15) is 4.39 Å². The molecule has 19 heavy (non-hydrogen) atoms. The van der Waals surface area contributed by atoms with Crippen molar-refractivity contribution in [3.8, 4) is 0 Å². The summed E-state index contributed by atoms with van der Waals surface area (Å²) in [6.07, 6.45) is 0. The summed E-state index contributed by atoms with van der Waals surface area (Å²) in [4.78, 5) is 4.80. The van der Waals surface area contributed by atoms with Gasteiger partial charge in [0.2, 0.25) is 0 Å². The fourth-order valence-electron chi connectivity index (χ4n) is 2.45. The average Bonchev–Trinajstić information content (AvgIpc) is 2.41. The number of rotatable bonds is 5. The number of benzene rings is 1. The number of likely N-dealkylation sites (N-methyl/N-ethyl adjacent to an activating group) is 1. The standard InChI is InChI=1S/C15H24FN3/c1-13-11-15(16)4-3-14(13)12-18(2)9-10-19-7-5-17-6-8-19/h3-4,11,17H,5-10,12H2,1-2H3. The van der Waals surface area contributed by atoms with Gasteiger partial charge in [0.15, 0.2) is 0 Å². The van der Waals surface area contributed by atoms with E-state index in [-0.39, 0.29) is 5.82 Å². The van der Waals surface area contributed by atoms with E-state index < -0.39 is 0 Å². The number of hydrogen-bond donors (Lipinski definition) is 1. The smallest absolute Gasteiger partial charge is 0.123 e. The zero-order chi connectivity index (χ0) is 13.7. The summed E-state index contributed by atoms with van der Waals surface area (Å²) in [6, 6.07) is 5.05. The highest BCUT2D eigenvalue weighted by atomic mass is 19.1. The Balaban J connectivity index is 1.78. The second-order valence-electron chi connectivity index (χ2n) is 5.40. The van der Waals surface area contributed by atoms with Gasteiger partial charge in [-0.05, 0) is 37.2 Å². The monoisotopic (exact) mass is 265 g/mol. The molecule has 0 radical (unpaired) electrons. The van der Waals surface area contributed by atoms with Crippen molar-refractivity contribution in [2.75, 3.05) is 46.3 Å². The average molecular weight is 265 g/mol. The van der Waals surface area contributed by atoms with E-state index in [2.05, 4.69) is 22.2 Å². The molecule has 4 heteroatoms. The van der Waals surface area contributed by atoms with Crippen molar-refractivity contribution in [1.82, 2.24) is 15.1 Å². The molecule has 0 saturated carbocycles. The van der Waals surface area contributed by atoms with Crippen LogP contribution in [0.15, 0.2) is 18.2 Å². The second kappa shape index (κ2) is 6.98. The molecule has 1 aliphatic heterocycles. The minimum absolute atomic E-state index is 0.148. The van der Waals surface area contributed by atoms with Crippen LogP contribution in [-0.4, -0.2) is 56.1 Å². The summed E-state index contributed by atoms with van der Waals surface area (Å²) in [5.41, 5.74) is 2.25. The van der Waals surface area contributed by atoms with Crippen LogP contribution < -0.4 is 5.32 Å². The lowest BCUT2D eigenvalue weighted by atomic mass is 10.1. The summed E-state index contributed by atoms with van der Waals surface area (Å²) < 4.78 is 13.0. The van der Waals surface area contributed by atoms with Gasteiger partial charge in [0.05, 0.1) is 0 Å². The molecule has 1 aromatic carbocycles. The lowest BCUT2D eigenvalue weighted by molar-refractivity contribution is 0.202. The molecular formula is C15H24FN3. The lowest BCUT2D eigenvalue weighted by Crippen LogP contribution is -2.45. The van der Waals surface area contributed by atoms with Gasteiger partial charge in [0, 0.05) is 45.8 Å². The molecule has 1 fully saturated rings. The van der Waals surface area contributed by atoms with Crippen molar-refractivity contribution in [2.24, 2.45) is 0 Å². The van der Waals surface area contributed by atoms with Crippen LogP contribution in [0.3, 0.4) is 0 Å². The van der Waals surface area contributed by atoms with Crippen LogP contribution in [0.2, 0.25) is 0 Å². The van der Waals surface area contributed by atoms with E-state index in [1.54, 1.807) is 12.1 Å². The van der Waals surface area contributed by atoms with Gasteiger partial charge < -0.3 is 10.2 Å². The molecule has 0 atom stereocenters. The van der Waals surface area contributed by atoms with Crippen LogP contribution in [0.4, 0.5) is 4.39 Å². The summed E-state index contributed by atoms with van der Waals surface area (Å²) in [5.74, 6) is -0.148. The van der Waals surface area contributed by atoms with Crippen LogP contribution in [0, 0.1) is 12.7 Å². The Morgan fingerprint density at radius 3 is 2.74 bits per heavy atom. The number of piperazine rings is 1. The number of aryl methyl sites for hydroxylation is 1. The van der Waals surface area contributed by atoms with Crippen molar-refractivity contribution in [3.05, 3.63) is 35.1 Å². The predicted molar refractivity (Wildman–Crippen MR) is 76.8 cm³/mol. The van der Waals surface area contributed by atoms with Crippen molar-refractivity contribution in [1.29, 1.82) is 0 Å². The third-order valence-electron chi connectivity index (χ3n) is 3.75. The summed E-state index contributed by atoms with van der Waals surface area (Å²) in [7, 11) is 2.13. The van der Waals surface area contributed by atoms with E-state index in [0.29, 0.717) is 0 Å². The zero-order valence-corrected chi connectivity index (χ0v) is 12.0. The van der Waals surface area contributed by atoms with E-state index in [4.69, 9.17) is 0 Å². The van der Waals surface area contributed by atoms with Crippen LogP contribution in [0.1, 0.15) is 11.1 Å². The first kappa shape index (κ1) is 14.4. The predicted octanol–water partition coefficient (Wildman–Crippen LogP) is 1.47. The minimum Gasteiger partial charge on any atom is -0.314 e. The molecule has 1 aromatic rings. The van der Waals surface area contributed by atoms with Crippen molar-refractivity contribution in [2.45, 2.75) is 13.5 Å². The highest BCUT2D eigenvalue weighted by molar-refractivity contribution is 5.26. The molecular weight excluding hydrogens is 241 g/mol.